The quantitative estimate of drug-likeness (QED) is 0.744. The van der Waals surface area contributed by atoms with E-state index in [1.54, 1.807) is 11.8 Å². The molecule has 6 heteroatoms. The Balaban J connectivity index is 2.40. The van der Waals surface area contributed by atoms with Gasteiger partial charge in [-0.2, -0.15) is 0 Å². The molecule has 0 aliphatic carbocycles. The van der Waals surface area contributed by atoms with E-state index in [1.165, 1.54) is 7.11 Å². The zero-order valence-electron chi connectivity index (χ0n) is 13.7. The van der Waals surface area contributed by atoms with Crippen LogP contribution in [0.5, 0.6) is 0 Å². The van der Waals surface area contributed by atoms with Gasteiger partial charge in [-0.15, -0.1) is 11.8 Å². The van der Waals surface area contributed by atoms with Crippen LogP contribution in [0.2, 0.25) is 0 Å². The zero-order chi connectivity index (χ0) is 16.1. The van der Waals surface area contributed by atoms with Gasteiger partial charge in [0, 0.05) is 12.2 Å². The Morgan fingerprint density at radius 2 is 2.41 bits per heavy atom. The van der Waals surface area contributed by atoms with Gasteiger partial charge < -0.3 is 14.4 Å². The molecule has 2 atom stereocenters. The van der Waals surface area contributed by atoms with Gasteiger partial charge in [0.05, 0.1) is 25.1 Å². The molecule has 0 aromatic rings. The van der Waals surface area contributed by atoms with Gasteiger partial charge in [-0.1, -0.05) is 6.08 Å². The monoisotopic (exact) mass is 324 g/mol. The van der Waals surface area contributed by atoms with Crippen molar-refractivity contribution in [1.82, 2.24) is 4.90 Å². The van der Waals surface area contributed by atoms with Gasteiger partial charge in [0.1, 0.15) is 11.5 Å². The van der Waals surface area contributed by atoms with Crippen molar-refractivity contribution in [3.8, 4) is 0 Å². The molecule has 5 nitrogen and oxygen atoms in total. The van der Waals surface area contributed by atoms with E-state index in [4.69, 9.17) is 14.5 Å². The molecule has 2 heterocycles. The second-order valence-electron chi connectivity index (χ2n) is 5.29. The highest BCUT2D eigenvalue weighted by Gasteiger charge is 2.37. The molecule has 0 radical (unpaired) electrons. The smallest absolute Gasteiger partial charge is 0.354 e. The Kier molecular flexibility index (Phi) is 6.08. The molecule has 0 saturated carbocycles. The van der Waals surface area contributed by atoms with E-state index in [1.807, 2.05) is 30.2 Å². The number of allylic oxidation sites excluding steroid dienone is 1. The van der Waals surface area contributed by atoms with E-state index < -0.39 is 0 Å². The summed E-state index contributed by atoms with van der Waals surface area (Å²) in [4.78, 5) is 19.0. The summed E-state index contributed by atoms with van der Waals surface area (Å²) in [5.41, 5.74) is 1.52. The van der Waals surface area contributed by atoms with E-state index in [9.17, 15) is 4.79 Å². The molecule has 122 valence electrons. The maximum atomic E-state index is 12.2. The number of esters is 1. The molecule has 2 unspecified atom stereocenters. The number of aliphatic imine (C=N–C) groups is 1. The van der Waals surface area contributed by atoms with Crippen molar-refractivity contribution < 1.29 is 14.3 Å². The lowest BCUT2D eigenvalue weighted by atomic mass is 10.1. The molecule has 1 saturated heterocycles. The van der Waals surface area contributed by atoms with Crippen molar-refractivity contribution in [2.45, 2.75) is 38.1 Å². The highest BCUT2D eigenvalue weighted by Crippen LogP contribution is 2.30. The number of carbonyl (C=O) groups is 1. The summed E-state index contributed by atoms with van der Waals surface area (Å²) in [6, 6.07) is 0.129. The lowest BCUT2D eigenvalue weighted by Crippen LogP contribution is -2.44. The Morgan fingerprint density at radius 1 is 1.64 bits per heavy atom. The minimum atomic E-state index is -0.327. The average molecular weight is 324 g/mol. The number of methoxy groups -OCH3 is 1. The van der Waals surface area contributed by atoms with Crippen molar-refractivity contribution in [2.75, 3.05) is 26.6 Å². The van der Waals surface area contributed by atoms with Gasteiger partial charge in [0.25, 0.3) is 0 Å². The van der Waals surface area contributed by atoms with Gasteiger partial charge in [-0.05, 0) is 39.0 Å². The van der Waals surface area contributed by atoms with Crippen LogP contribution in [0.1, 0.15) is 26.7 Å². The van der Waals surface area contributed by atoms with Crippen molar-refractivity contribution in [3.63, 3.8) is 0 Å². The summed E-state index contributed by atoms with van der Waals surface area (Å²) in [5, 5.41) is 0.127. The first-order valence-corrected chi connectivity index (χ1v) is 8.85. The number of thioether (sulfide) groups is 1. The summed E-state index contributed by atoms with van der Waals surface area (Å²) in [6.45, 7) is 5.40. The first kappa shape index (κ1) is 17.1. The van der Waals surface area contributed by atoms with Crippen molar-refractivity contribution >= 4 is 23.6 Å². The molecule has 0 amide bonds. The second kappa shape index (κ2) is 7.83. The van der Waals surface area contributed by atoms with Gasteiger partial charge >= 0.3 is 5.97 Å². The third-order valence-corrected chi connectivity index (χ3v) is 4.68. The number of hydrogen-bond acceptors (Lipinski definition) is 5. The molecule has 0 spiro atoms. The van der Waals surface area contributed by atoms with Gasteiger partial charge in [-0.25, -0.2) is 4.79 Å². The minimum absolute atomic E-state index is 0.127. The molecule has 0 bridgehead atoms. The van der Waals surface area contributed by atoms with E-state index in [2.05, 4.69) is 6.92 Å². The SMILES string of the molecule is C/C=C1/C=C(C(=O)OC)N(C2CCCOC2)/C1=N/C(C)SC. The Bertz CT molecular complexity index is 508. The third kappa shape index (κ3) is 3.55. The van der Waals surface area contributed by atoms with Crippen molar-refractivity contribution in [3.05, 3.63) is 23.4 Å². The second-order valence-corrected chi connectivity index (χ2v) is 6.45. The van der Waals surface area contributed by atoms with Crippen molar-refractivity contribution in [1.29, 1.82) is 0 Å². The fourth-order valence-electron chi connectivity index (χ4n) is 2.67. The van der Waals surface area contributed by atoms with Crippen LogP contribution in [0.15, 0.2) is 28.4 Å². The zero-order valence-corrected chi connectivity index (χ0v) is 14.5. The largest absolute Gasteiger partial charge is 0.464 e. The van der Waals surface area contributed by atoms with Gasteiger partial charge in [-0.3, -0.25) is 4.99 Å². The minimum Gasteiger partial charge on any atom is -0.464 e. The maximum absolute atomic E-state index is 12.2. The standard InChI is InChI=1S/C16H24N2O3S/c1-5-12-9-14(16(19)20-3)18(13-7-6-8-21-10-13)15(12)17-11(2)22-4/h5,9,11,13H,6-8,10H2,1-4H3/b12-5-,17-15+. The fraction of sp³-hybridized carbons (Fsp3) is 0.625. The molecule has 2 aliphatic rings. The van der Waals surface area contributed by atoms with Crippen LogP contribution in [0, 0.1) is 0 Å². The normalized spacial score (nSPS) is 27.2. The third-order valence-electron chi connectivity index (χ3n) is 3.89. The van der Waals surface area contributed by atoms with Crippen LogP contribution >= 0.6 is 11.8 Å². The number of hydrogen-bond donors (Lipinski definition) is 0. The maximum Gasteiger partial charge on any atom is 0.354 e. The lowest BCUT2D eigenvalue weighted by molar-refractivity contribution is -0.137. The molecular weight excluding hydrogens is 300 g/mol. The van der Waals surface area contributed by atoms with Gasteiger partial charge in [0.2, 0.25) is 0 Å². The number of nitrogens with zero attached hydrogens (tertiary/aromatic N) is 2. The topological polar surface area (TPSA) is 51.1 Å². The Labute approximate surface area is 136 Å². The van der Waals surface area contributed by atoms with E-state index in [0.29, 0.717) is 12.3 Å². The molecular formula is C16H24N2O3S. The summed E-state index contributed by atoms with van der Waals surface area (Å²) >= 11 is 1.68. The average Bonchev–Trinajstić information content (AvgIpc) is 2.93. The first-order chi connectivity index (χ1) is 10.6. The molecule has 0 N–H and O–H groups in total. The molecule has 0 aromatic heterocycles. The summed E-state index contributed by atoms with van der Waals surface area (Å²) in [6.07, 6.45) is 7.86. The van der Waals surface area contributed by atoms with Crippen LogP contribution in [0.3, 0.4) is 0 Å². The number of amidine groups is 1. The highest BCUT2D eigenvalue weighted by atomic mass is 32.2. The van der Waals surface area contributed by atoms with E-state index in [0.717, 1.165) is 30.9 Å². The molecule has 1 fully saturated rings. The molecule has 22 heavy (non-hydrogen) atoms. The number of ether oxygens (including phenoxy) is 2. The molecule has 2 aliphatic heterocycles. The van der Waals surface area contributed by atoms with Crippen LogP contribution in [0.25, 0.3) is 0 Å². The predicted molar refractivity (Wildman–Crippen MR) is 89.9 cm³/mol. The van der Waals surface area contributed by atoms with E-state index in [-0.39, 0.29) is 17.4 Å². The van der Waals surface area contributed by atoms with Crippen LogP contribution in [-0.2, 0) is 14.3 Å². The highest BCUT2D eigenvalue weighted by molar-refractivity contribution is 7.99. The first-order valence-electron chi connectivity index (χ1n) is 7.56. The molecule has 2 rings (SSSR count). The van der Waals surface area contributed by atoms with Crippen LogP contribution in [0.4, 0.5) is 0 Å². The van der Waals surface area contributed by atoms with Crippen LogP contribution in [-0.4, -0.2) is 54.7 Å². The molecule has 0 aromatic carbocycles. The summed E-state index contributed by atoms with van der Waals surface area (Å²) in [5.74, 6) is 0.521. The summed E-state index contributed by atoms with van der Waals surface area (Å²) in [7, 11) is 1.41. The number of carbonyl (C=O) groups excluding carboxylic acids is 1. The summed E-state index contributed by atoms with van der Waals surface area (Å²) < 4.78 is 10.6. The number of rotatable bonds is 4. The Hall–Kier alpha value is -1.27. The fourth-order valence-corrected chi connectivity index (χ4v) is 2.87. The lowest BCUT2D eigenvalue weighted by Gasteiger charge is -2.34. The Morgan fingerprint density at radius 3 is 2.95 bits per heavy atom. The van der Waals surface area contributed by atoms with Gasteiger partial charge in [0.15, 0.2) is 0 Å². The van der Waals surface area contributed by atoms with Crippen LogP contribution < -0.4 is 0 Å². The predicted octanol–water partition coefficient (Wildman–Crippen LogP) is 2.59. The van der Waals surface area contributed by atoms with Crippen molar-refractivity contribution in [2.24, 2.45) is 4.99 Å². The van der Waals surface area contributed by atoms with E-state index >= 15 is 0 Å².